The summed E-state index contributed by atoms with van der Waals surface area (Å²) in [6.07, 6.45) is 5.83. The summed E-state index contributed by atoms with van der Waals surface area (Å²) in [5.41, 5.74) is 10.7. The maximum atomic E-state index is 6.62. The fourth-order valence-corrected chi connectivity index (χ4v) is 6.62. The Morgan fingerprint density at radius 3 is 2.25 bits per heavy atom. The lowest BCUT2D eigenvalue weighted by molar-refractivity contribution is 0.375. The molecule has 0 aliphatic carbocycles. The number of rotatable bonds is 9. The van der Waals surface area contributed by atoms with Gasteiger partial charge in [0.2, 0.25) is 0 Å². The van der Waals surface area contributed by atoms with Crippen LogP contribution in [0.4, 0.5) is 0 Å². The molecule has 0 atom stereocenters. The molecule has 48 heavy (non-hydrogen) atoms. The third-order valence-electron chi connectivity index (χ3n) is 9.07. The van der Waals surface area contributed by atoms with Crippen molar-refractivity contribution in [3.63, 3.8) is 0 Å². The normalized spacial score (nSPS) is 11.9. The summed E-state index contributed by atoms with van der Waals surface area (Å²) in [7, 11) is 0. The minimum absolute atomic E-state index is 0.199. The maximum Gasteiger partial charge on any atom is 0.137 e. The summed E-state index contributed by atoms with van der Waals surface area (Å²) in [6, 6.07) is 36.3. The average Bonchev–Trinajstić information content (AvgIpc) is 3.59. The second-order valence-electron chi connectivity index (χ2n) is 14.2. The van der Waals surface area contributed by atoms with Crippen molar-refractivity contribution >= 4 is 21.8 Å². The van der Waals surface area contributed by atoms with E-state index in [1.807, 2.05) is 18.3 Å². The predicted octanol–water partition coefficient (Wildman–Crippen LogP) is 11.4. The molecule has 0 fully saturated rings. The Labute approximate surface area is 283 Å². The number of hydrogen-bond acceptors (Lipinski definition) is 3. The monoisotopic (exact) mass is 632 g/mol. The summed E-state index contributed by atoms with van der Waals surface area (Å²) < 4.78 is 11.0. The summed E-state index contributed by atoms with van der Waals surface area (Å²) >= 11 is 0. The van der Waals surface area contributed by atoms with E-state index in [1.54, 1.807) is 0 Å². The molecule has 0 aliphatic rings. The summed E-state index contributed by atoms with van der Waals surface area (Å²) in [4.78, 5) is 4.74. The van der Waals surface area contributed by atoms with Crippen molar-refractivity contribution in [1.29, 1.82) is 0 Å². The second-order valence-corrected chi connectivity index (χ2v) is 14.2. The van der Waals surface area contributed by atoms with Crippen molar-refractivity contribution in [3.05, 3.63) is 132 Å². The molecule has 0 aliphatic heterocycles. The van der Waals surface area contributed by atoms with Gasteiger partial charge in [0.15, 0.2) is 0 Å². The van der Waals surface area contributed by atoms with Gasteiger partial charge in [-0.15, -0.1) is 0 Å². The zero-order valence-electron chi connectivity index (χ0n) is 28.9. The number of aromatic nitrogens is 4. The van der Waals surface area contributed by atoms with Gasteiger partial charge in [-0.05, 0) is 92.1 Å². The summed E-state index contributed by atoms with van der Waals surface area (Å²) in [5, 5.41) is 7.65. The number of hydrogen-bond donors (Lipinski definition) is 0. The first kappa shape index (κ1) is 31.4. The van der Waals surface area contributed by atoms with Gasteiger partial charge in [-0.25, -0.2) is 9.67 Å². The third-order valence-corrected chi connectivity index (χ3v) is 9.07. The van der Waals surface area contributed by atoms with Crippen LogP contribution in [-0.4, -0.2) is 19.3 Å². The highest BCUT2D eigenvalue weighted by atomic mass is 16.5. The quantitative estimate of drug-likeness (QED) is 0.159. The minimum Gasteiger partial charge on any atom is -0.457 e. The Bertz CT molecular complexity index is 2230. The summed E-state index contributed by atoms with van der Waals surface area (Å²) in [5.74, 6) is 2.44. The van der Waals surface area contributed by atoms with Crippen molar-refractivity contribution < 1.29 is 4.74 Å². The van der Waals surface area contributed by atoms with E-state index in [0.717, 1.165) is 65.4 Å². The SMILES string of the molecule is CCCc1nn(-c2cccc(Oc3ccc4c5ccccc5n(-c5cc(C)ccn5)c4c3)c2)c(CCC(C)(C)C)c1-c1ccc(C)cc1. The van der Waals surface area contributed by atoms with Crippen LogP contribution in [0.2, 0.25) is 0 Å². The van der Waals surface area contributed by atoms with E-state index in [0.29, 0.717) is 0 Å². The molecule has 7 rings (SSSR count). The maximum absolute atomic E-state index is 6.62. The predicted molar refractivity (Wildman–Crippen MR) is 199 cm³/mol. The number of fused-ring (bicyclic) bond motifs is 3. The molecular weight excluding hydrogens is 589 g/mol. The first-order valence-corrected chi connectivity index (χ1v) is 17.1. The largest absolute Gasteiger partial charge is 0.457 e. The lowest BCUT2D eigenvalue weighted by Gasteiger charge is -2.19. The van der Waals surface area contributed by atoms with Gasteiger partial charge < -0.3 is 4.74 Å². The van der Waals surface area contributed by atoms with Gasteiger partial charge >= 0.3 is 0 Å². The molecule has 242 valence electrons. The molecule has 0 radical (unpaired) electrons. The fraction of sp³-hybridized carbons (Fsp3) is 0.256. The van der Waals surface area contributed by atoms with Crippen LogP contribution in [-0.2, 0) is 12.8 Å². The molecule has 3 aromatic heterocycles. The Morgan fingerprint density at radius 1 is 0.708 bits per heavy atom. The molecule has 5 heteroatoms. The van der Waals surface area contributed by atoms with Crippen molar-refractivity contribution in [2.24, 2.45) is 5.41 Å². The first-order valence-electron chi connectivity index (χ1n) is 17.1. The highest BCUT2D eigenvalue weighted by Crippen LogP contribution is 2.37. The molecule has 0 amide bonds. The standard InChI is InChI=1S/C43H44N4O/c1-7-11-37-42(31-18-16-29(2)17-19-31)39(22-24-43(4,5)6)47(45-37)32-12-10-13-33(27-32)48-34-20-21-36-35-14-8-9-15-38(35)46(40(36)28-34)41-26-30(3)23-25-44-41/h8-10,12-21,23,25-28H,7,11,22,24H2,1-6H3. The van der Waals surface area contributed by atoms with Gasteiger partial charge in [0.05, 0.1) is 28.1 Å². The van der Waals surface area contributed by atoms with E-state index in [9.17, 15) is 0 Å². The van der Waals surface area contributed by atoms with Crippen LogP contribution in [0.5, 0.6) is 11.5 Å². The van der Waals surface area contributed by atoms with Gasteiger partial charge in [0.25, 0.3) is 0 Å². The van der Waals surface area contributed by atoms with Crippen LogP contribution >= 0.6 is 0 Å². The summed E-state index contributed by atoms with van der Waals surface area (Å²) in [6.45, 7) is 13.4. The number of ether oxygens (including phenoxy) is 1. The van der Waals surface area contributed by atoms with Crippen molar-refractivity contribution in [2.75, 3.05) is 0 Å². The molecule has 4 aromatic carbocycles. The number of pyridine rings is 1. The van der Waals surface area contributed by atoms with E-state index < -0.39 is 0 Å². The zero-order chi connectivity index (χ0) is 33.4. The molecule has 0 bridgehead atoms. The van der Waals surface area contributed by atoms with Gasteiger partial charge in [-0.3, -0.25) is 4.57 Å². The van der Waals surface area contributed by atoms with Gasteiger partial charge in [-0.2, -0.15) is 5.10 Å². The van der Waals surface area contributed by atoms with Crippen LogP contribution < -0.4 is 4.74 Å². The highest BCUT2D eigenvalue weighted by Gasteiger charge is 2.23. The van der Waals surface area contributed by atoms with Crippen LogP contribution in [0.25, 0.3) is 44.4 Å². The van der Waals surface area contributed by atoms with E-state index in [4.69, 9.17) is 14.8 Å². The highest BCUT2D eigenvalue weighted by molar-refractivity contribution is 6.09. The van der Waals surface area contributed by atoms with Crippen LogP contribution in [0.3, 0.4) is 0 Å². The smallest absolute Gasteiger partial charge is 0.137 e. The van der Waals surface area contributed by atoms with Crippen LogP contribution in [0, 0.1) is 19.3 Å². The van der Waals surface area contributed by atoms with E-state index in [2.05, 4.69) is 142 Å². The Balaban J connectivity index is 1.31. The Kier molecular flexibility index (Phi) is 8.38. The number of nitrogens with zero attached hydrogens (tertiary/aromatic N) is 4. The minimum atomic E-state index is 0.199. The fourth-order valence-electron chi connectivity index (χ4n) is 6.62. The lowest BCUT2D eigenvalue weighted by Crippen LogP contribution is -2.10. The lowest BCUT2D eigenvalue weighted by atomic mass is 9.88. The van der Waals surface area contributed by atoms with E-state index in [-0.39, 0.29) is 5.41 Å². The van der Waals surface area contributed by atoms with Gasteiger partial charge in [-0.1, -0.05) is 88.2 Å². The zero-order valence-corrected chi connectivity index (χ0v) is 28.9. The number of aryl methyl sites for hydroxylation is 3. The number of benzene rings is 4. The average molecular weight is 633 g/mol. The van der Waals surface area contributed by atoms with Crippen molar-refractivity contribution in [2.45, 2.75) is 67.2 Å². The molecule has 3 heterocycles. The van der Waals surface area contributed by atoms with E-state index >= 15 is 0 Å². The van der Waals surface area contributed by atoms with Crippen LogP contribution in [0.1, 0.15) is 63.1 Å². The Hall–Kier alpha value is -5.16. The molecule has 0 N–H and O–H groups in total. The Morgan fingerprint density at radius 2 is 1.48 bits per heavy atom. The third kappa shape index (κ3) is 6.25. The second kappa shape index (κ2) is 12.8. The molecule has 5 nitrogen and oxygen atoms in total. The molecule has 0 spiro atoms. The van der Waals surface area contributed by atoms with E-state index in [1.165, 1.54) is 38.7 Å². The topological polar surface area (TPSA) is 44.9 Å². The first-order chi connectivity index (χ1) is 23.2. The van der Waals surface area contributed by atoms with Gasteiger partial charge in [0, 0.05) is 34.7 Å². The number of para-hydroxylation sites is 1. The molecule has 0 saturated carbocycles. The van der Waals surface area contributed by atoms with Gasteiger partial charge in [0.1, 0.15) is 17.3 Å². The van der Waals surface area contributed by atoms with Crippen molar-refractivity contribution in [3.8, 4) is 34.1 Å². The van der Waals surface area contributed by atoms with Crippen LogP contribution in [0.15, 0.2) is 109 Å². The molecule has 7 aromatic rings. The molecular formula is C43H44N4O. The molecule has 0 unspecified atom stereocenters. The molecule has 0 saturated heterocycles. The van der Waals surface area contributed by atoms with Crippen molar-refractivity contribution in [1.82, 2.24) is 19.3 Å².